The molecule has 1 fully saturated rings. The average Bonchev–Trinajstić information content (AvgIpc) is 3.42. The molecule has 0 saturated carbocycles. The number of methoxy groups -OCH3 is 2. The highest BCUT2D eigenvalue weighted by molar-refractivity contribution is 6.22. The van der Waals surface area contributed by atoms with Gasteiger partial charge in [-0.05, 0) is 36.8 Å². The molecule has 2 aromatic carbocycles. The quantitative estimate of drug-likeness (QED) is 0.287. The second-order valence-corrected chi connectivity index (χ2v) is 8.56. The third kappa shape index (κ3) is 5.35. The van der Waals surface area contributed by atoms with Crippen molar-refractivity contribution in [3.8, 4) is 11.3 Å². The SMILES string of the molecule is COC(=N)/C(=C(\C=N)OC)c1ccc(-c2cn(C(=O)N3CCCCC3Cc3ccccc3)nn2)cc1. The van der Waals surface area contributed by atoms with Crippen LogP contribution in [0.15, 0.2) is 66.6 Å². The number of aromatic nitrogens is 3. The van der Waals surface area contributed by atoms with Crippen molar-refractivity contribution in [2.24, 2.45) is 0 Å². The van der Waals surface area contributed by atoms with Crippen LogP contribution in [0.25, 0.3) is 16.8 Å². The maximum Gasteiger partial charge on any atom is 0.346 e. The van der Waals surface area contributed by atoms with E-state index in [0.29, 0.717) is 23.4 Å². The minimum absolute atomic E-state index is 0.105. The van der Waals surface area contributed by atoms with Gasteiger partial charge in [-0.2, -0.15) is 4.68 Å². The van der Waals surface area contributed by atoms with Crippen molar-refractivity contribution in [3.05, 3.63) is 77.7 Å². The molecule has 9 nitrogen and oxygen atoms in total. The first kappa shape index (κ1) is 24.8. The van der Waals surface area contributed by atoms with E-state index in [9.17, 15) is 4.79 Å². The van der Waals surface area contributed by atoms with Gasteiger partial charge in [-0.3, -0.25) is 5.41 Å². The van der Waals surface area contributed by atoms with E-state index in [2.05, 4.69) is 22.4 Å². The molecule has 186 valence electrons. The lowest BCUT2D eigenvalue weighted by Crippen LogP contribution is -2.46. The van der Waals surface area contributed by atoms with Gasteiger partial charge >= 0.3 is 6.03 Å². The predicted molar refractivity (Wildman–Crippen MR) is 138 cm³/mol. The third-order valence-electron chi connectivity index (χ3n) is 6.37. The Labute approximate surface area is 210 Å². The minimum atomic E-state index is -0.166. The van der Waals surface area contributed by atoms with Crippen LogP contribution in [0.1, 0.15) is 30.4 Å². The highest BCUT2D eigenvalue weighted by Gasteiger charge is 2.28. The molecular formula is C27H30N6O3. The molecule has 1 amide bonds. The van der Waals surface area contributed by atoms with Crippen LogP contribution in [0.5, 0.6) is 0 Å². The number of rotatable bonds is 7. The molecule has 0 spiro atoms. The Kier molecular flexibility index (Phi) is 7.89. The monoisotopic (exact) mass is 486 g/mol. The maximum atomic E-state index is 13.3. The summed E-state index contributed by atoms with van der Waals surface area (Å²) in [7, 11) is 2.84. The van der Waals surface area contributed by atoms with Gasteiger partial charge in [-0.25, -0.2) is 4.79 Å². The summed E-state index contributed by atoms with van der Waals surface area (Å²) >= 11 is 0. The fourth-order valence-electron chi connectivity index (χ4n) is 4.50. The smallest absolute Gasteiger partial charge is 0.346 e. The summed E-state index contributed by atoms with van der Waals surface area (Å²) < 4.78 is 11.6. The van der Waals surface area contributed by atoms with Gasteiger partial charge in [0, 0.05) is 18.2 Å². The molecule has 1 unspecified atom stereocenters. The number of carbonyl (C=O) groups is 1. The second kappa shape index (κ2) is 11.4. The lowest BCUT2D eigenvalue weighted by Gasteiger charge is -2.35. The number of amides is 1. The number of ether oxygens (including phenoxy) is 2. The Bertz CT molecular complexity index is 1250. The number of nitrogens with zero attached hydrogens (tertiary/aromatic N) is 4. The van der Waals surface area contributed by atoms with Crippen LogP contribution in [0.4, 0.5) is 4.79 Å². The van der Waals surface area contributed by atoms with Gasteiger partial charge in [0.2, 0.25) is 5.90 Å². The van der Waals surface area contributed by atoms with Crippen LogP contribution < -0.4 is 0 Å². The van der Waals surface area contributed by atoms with Crippen LogP contribution in [0.2, 0.25) is 0 Å². The number of allylic oxidation sites excluding steroid dienone is 1. The van der Waals surface area contributed by atoms with E-state index < -0.39 is 0 Å². The average molecular weight is 487 g/mol. The van der Waals surface area contributed by atoms with E-state index >= 15 is 0 Å². The molecule has 2 heterocycles. The summed E-state index contributed by atoms with van der Waals surface area (Å²) in [5, 5.41) is 24.0. The first-order chi connectivity index (χ1) is 17.5. The maximum absolute atomic E-state index is 13.3. The van der Waals surface area contributed by atoms with Gasteiger partial charge in [0.05, 0.1) is 32.2 Å². The zero-order valence-corrected chi connectivity index (χ0v) is 20.5. The number of carbonyl (C=O) groups excluding carboxylic acids is 1. The molecule has 0 bridgehead atoms. The number of piperidine rings is 1. The van der Waals surface area contributed by atoms with E-state index in [1.807, 2.05) is 35.2 Å². The van der Waals surface area contributed by atoms with Crippen molar-refractivity contribution >= 4 is 23.7 Å². The van der Waals surface area contributed by atoms with Crippen molar-refractivity contribution < 1.29 is 14.3 Å². The molecular weight excluding hydrogens is 456 g/mol. The molecule has 0 aliphatic carbocycles. The first-order valence-corrected chi connectivity index (χ1v) is 11.9. The topological polar surface area (TPSA) is 117 Å². The summed E-state index contributed by atoms with van der Waals surface area (Å²) in [5.41, 5.74) is 3.59. The zero-order chi connectivity index (χ0) is 25.5. The van der Waals surface area contributed by atoms with Crippen LogP contribution in [-0.2, 0) is 15.9 Å². The summed E-state index contributed by atoms with van der Waals surface area (Å²) in [6, 6.07) is 17.5. The van der Waals surface area contributed by atoms with Crippen LogP contribution in [0, 0.1) is 10.8 Å². The van der Waals surface area contributed by atoms with Crippen LogP contribution in [0.3, 0.4) is 0 Å². The fraction of sp³-hybridized carbons (Fsp3) is 0.296. The van der Waals surface area contributed by atoms with E-state index in [4.69, 9.17) is 20.3 Å². The lowest BCUT2D eigenvalue weighted by atomic mass is 9.96. The Morgan fingerprint density at radius 2 is 1.83 bits per heavy atom. The van der Waals surface area contributed by atoms with Gasteiger partial charge in [-0.1, -0.05) is 59.8 Å². The molecule has 4 rings (SSSR count). The summed E-state index contributed by atoms with van der Waals surface area (Å²) in [6.45, 7) is 0.704. The summed E-state index contributed by atoms with van der Waals surface area (Å²) in [6.07, 6.45) is 6.56. The molecule has 1 aliphatic heterocycles. The van der Waals surface area contributed by atoms with Crippen molar-refractivity contribution in [3.63, 3.8) is 0 Å². The van der Waals surface area contributed by atoms with Gasteiger partial charge in [0.15, 0.2) is 0 Å². The Hall–Kier alpha value is -4.27. The zero-order valence-electron chi connectivity index (χ0n) is 20.5. The van der Waals surface area contributed by atoms with E-state index in [0.717, 1.165) is 37.5 Å². The first-order valence-electron chi connectivity index (χ1n) is 11.9. The normalized spacial score (nSPS) is 16.2. The van der Waals surface area contributed by atoms with E-state index in [-0.39, 0.29) is 23.7 Å². The van der Waals surface area contributed by atoms with Crippen molar-refractivity contribution in [1.82, 2.24) is 19.9 Å². The van der Waals surface area contributed by atoms with E-state index in [1.165, 1.54) is 24.5 Å². The number of likely N-dealkylation sites (tertiary alicyclic amines) is 1. The number of nitrogens with one attached hydrogen (secondary N) is 2. The fourth-order valence-corrected chi connectivity index (χ4v) is 4.50. The number of benzene rings is 2. The van der Waals surface area contributed by atoms with Gasteiger partial charge in [0.25, 0.3) is 0 Å². The van der Waals surface area contributed by atoms with Crippen LogP contribution in [-0.4, -0.2) is 64.8 Å². The molecule has 36 heavy (non-hydrogen) atoms. The van der Waals surface area contributed by atoms with Gasteiger partial charge < -0.3 is 19.8 Å². The van der Waals surface area contributed by atoms with Crippen molar-refractivity contribution in [1.29, 1.82) is 10.8 Å². The summed E-state index contributed by atoms with van der Waals surface area (Å²) in [4.78, 5) is 15.3. The van der Waals surface area contributed by atoms with E-state index in [1.54, 1.807) is 18.3 Å². The Balaban J connectivity index is 1.53. The number of hydrogen-bond acceptors (Lipinski definition) is 7. The molecule has 1 aromatic heterocycles. The molecule has 1 aliphatic rings. The molecule has 3 aromatic rings. The predicted octanol–water partition coefficient (Wildman–Crippen LogP) is 4.64. The molecule has 1 atom stereocenters. The molecule has 2 N–H and O–H groups in total. The molecule has 0 radical (unpaired) electrons. The van der Waals surface area contributed by atoms with Crippen LogP contribution >= 0.6 is 0 Å². The molecule has 9 heteroatoms. The summed E-state index contributed by atoms with van der Waals surface area (Å²) in [5.74, 6) is 0.115. The van der Waals surface area contributed by atoms with Crippen molar-refractivity contribution in [2.75, 3.05) is 20.8 Å². The van der Waals surface area contributed by atoms with Gasteiger partial charge in [0.1, 0.15) is 11.5 Å². The van der Waals surface area contributed by atoms with Gasteiger partial charge in [-0.15, -0.1) is 5.10 Å². The highest BCUT2D eigenvalue weighted by Crippen LogP contribution is 2.25. The lowest BCUT2D eigenvalue weighted by molar-refractivity contribution is 0.149. The minimum Gasteiger partial charge on any atom is -0.494 e. The molecule has 1 saturated heterocycles. The number of hydrogen-bond donors (Lipinski definition) is 2. The largest absolute Gasteiger partial charge is 0.494 e. The second-order valence-electron chi connectivity index (χ2n) is 8.56. The highest BCUT2D eigenvalue weighted by atomic mass is 16.5. The Morgan fingerprint density at radius 3 is 2.50 bits per heavy atom. The third-order valence-corrected chi connectivity index (χ3v) is 6.37. The van der Waals surface area contributed by atoms with Crippen molar-refractivity contribution in [2.45, 2.75) is 31.7 Å². The Morgan fingerprint density at radius 1 is 1.08 bits per heavy atom. The standard InChI is InChI=1S/C27H30N6O3/c1-35-24(17-28)25(26(29)36-2)21-13-11-20(12-14-21)23-18-33(31-30-23)27(34)32-15-7-6-10-22(32)16-19-8-4-3-5-9-19/h3-5,8-9,11-14,17-18,22,28-29H,6-7,10,15-16H2,1-2H3/b25-24+,28-17?,29-26?.